The van der Waals surface area contributed by atoms with E-state index >= 15 is 0 Å². The van der Waals surface area contributed by atoms with Crippen LogP contribution in [0.1, 0.15) is 27.7 Å². The van der Waals surface area contributed by atoms with Gasteiger partial charge in [0.05, 0.1) is 11.2 Å². The fourth-order valence-corrected chi connectivity index (χ4v) is 2.48. The van der Waals surface area contributed by atoms with E-state index in [1.807, 2.05) is 52.0 Å². The third-order valence-electron chi connectivity index (χ3n) is 4.63. The van der Waals surface area contributed by atoms with Gasteiger partial charge in [-0.3, -0.25) is 4.79 Å². The molecule has 21 heavy (non-hydrogen) atoms. The zero-order chi connectivity index (χ0) is 15.4. The van der Waals surface area contributed by atoms with Crippen molar-refractivity contribution in [2.75, 3.05) is 0 Å². The van der Waals surface area contributed by atoms with Gasteiger partial charge >= 0.3 is 7.12 Å². The predicted octanol–water partition coefficient (Wildman–Crippen LogP) is 1.84. The van der Waals surface area contributed by atoms with Gasteiger partial charge in [0.25, 0.3) is 5.56 Å². The molecule has 3 rings (SSSR count). The van der Waals surface area contributed by atoms with Crippen LogP contribution in [0, 0.1) is 0 Å². The minimum absolute atomic E-state index is 0.00846. The summed E-state index contributed by atoms with van der Waals surface area (Å²) in [6, 6.07) is 7.71. The zero-order valence-electron chi connectivity index (χ0n) is 13.1. The third-order valence-corrected chi connectivity index (χ3v) is 4.63. The van der Waals surface area contributed by atoms with Crippen molar-refractivity contribution in [3.63, 3.8) is 0 Å². The minimum Gasteiger partial charge on any atom is -0.399 e. The van der Waals surface area contributed by atoms with Gasteiger partial charge in [-0.25, -0.2) is 0 Å². The van der Waals surface area contributed by atoms with E-state index in [1.54, 1.807) is 17.8 Å². The summed E-state index contributed by atoms with van der Waals surface area (Å²) in [6.07, 6.45) is 1.78. The van der Waals surface area contributed by atoms with Gasteiger partial charge in [0.15, 0.2) is 0 Å². The summed E-state index contributed by atoms with van der Waals surface area (Å²) < 4.78 is 13.7. The van der Waals surface area contributed by atoms with E-state index in [1.165, 1.54) is 0 Å². The highest BCUT2D eigenvalue weighted by atomic mass is 16.7. The topological polar surface area (TPSA) is 40.5 Å². The Morgan fingerprint density at radius 1 is 1.05 bits per heavy atom. The Bertz CT molecular complexity index is 748. The van der Waals surface area contributed by atoms with Gasteiger partial charge in [0.1, 0.15) is 0 Å². The molecular weight excluding hydrogens is 265 g/mol. The van der Waals surface area contributed by atoms with Crippen LogP contribution in [0.4, 0.5) is 0 Å². The summed E-state index contributed by atoms with van der Waals surface area (Å²) in [5.41, 5.74) is 0.109. The number of rotatable bonds is 1. The summed E-state index contributed by atoms with van der Waals surface area (Å²) in [4.78, 5) is 12.2. The summed E-state index contributed by atoms with van der Waals surface area (Å²) in [6.45, 7) is 8.08. The number of hydrogen-bond acceptors (Lipinski definition) is 3. The van der Waals surface area contributed by atoms with Crippen LogP contribution in [-0.4, -0.2) is 22.9 Å². The summed E-state index contributed by atoms with van der Waals surface area (Å²) in [5.74, 6) is 0. The molecule has 110 valence electrons. The van der Waals surface area contributed by atoms with Crippen LogP contribution in [0.2, 0.25) is 0 Å². The Labute approximate surface area is 124 Å². The van der Waals surface area contributed by atoms with E-state index in [9.17, 15) is 4.79 Å². The zero-order valence-corrected chi connectivity index (χ0v) is 13.1. The average Bonchev–Trinajstić information content (AvgIpc) is 2.63. The third kappa shape index (κ3) is 2.21. The van der Waals surface area contributed by atoms with Crippen LogP contribution in [0.25, 0.3) is 10.8 Å². The van der Waals surface area contributed by atoms with Crippen molar-refractivity contribution < 1.29 is 9.31 Å². The van der Waals surface area contributed by atoms with Gasteiger partial charge in [-0.1, -0.05) is 12.1 Å². The molecule has 1 saturated heterocycles. The molecule has 1 fully saturated rings. The van der Waals surface area contributed by atoms with Crippen LogP contribution in [-0.2, 0) is 16.4 Å². The van der Waals surface area contributed by atoms with Gasteiger partial charge in [-0.05, 0) is 50.7 Å². The van der Waals surface area contributed by atoms with Crippen LogP contribution < -0.4 is 11.0 Å². The average molecular weight is 285 g/mol. The molecule has 4 nitrogen and oxygen atoms in total. The molecular formula is C16H20BNO3. The fraction of sp³-hybridized carbons (Fsp3) is 0.438. The maximum Gasteiger partial charge on any atom is 0.494 e. The van der Waals surface area contributed by atoms with E-state index in [0.717, 1.165) is 10.8 Å². The van der Waals surface area contributed by atoms with Gasteiger partial charge < -0.3 is 13.9 Å². The lowest BCUT2D eigenvalue weighted by Crippen LogP contribution is -2.41. The number of fused-ring (bicyclic) bond motifs is 1. The molecule has 0 aliphatic carbocycles. The van der Waals surface area contributed by atoms with E-state index in [0.29, 0.717) is 5.39 Å². The van der Waals surface area contributed by atoms with Crippen molar-refractivity contribution >= 4 is 23.4 Å². The lowest BCUT2D eigenvalue weighted by atomic mass is 9.78. The number of nitrogens with zero attached hydrogens (tertiary/aromatic N) is 1. The molecule has 0 atom stereocenters. The van der Waals surface area contributed by atoms with Crippen LogP contribution in [0.3, 0.4) is 0 Å². The predicted molar refractivity (Wildman–Crippen MR) is 84.9 cm³/mol. The summed E-state index contributed by atoms with van der Waals surface area (Å²) >= 11 is 0. The smallest absolute Gasteiger partial charge is 0.399 e. The number of pyridine rings is 1. The number of hydrogen-bond donors (Lipinski definition) is 0. The maximum absolute atomic E-state index is 12.2. The van der Waals surface area contributed by atoms with E-state index < -0.39 is 7.12 Å². The Morgan fingerprint density at radius 3 is 2.29 bits per heavy atom. The molecule has 0 radical (unpaired) electrons. The van der Waals surface area contributed by atoms with Gasteiger partial charge in [-0.15, -0.1) is 0 Å². The molecule has 1 aliphatic rings. The van der Waals surface area contributed by atoms with Crippen molar-refractivity contribution in [3.05, 3.63) is 40.8 Å². The SMILES string of the molecule is Cn1ccc2ccc(B3OC(C)(C)C(C)(C)O3)cc2c1=O. The van der Waals surface area contributed by atoms with Gasteiger partial charge in [0.2, 0.25) is 0 Å². The van der Waals surface area contributed by atoms with Crippen molar-refractivity contribution in [1.82, 2.24) is 4.57 Å². The molecule has 0 saturated carbocycles. The number of benzene rings is 1. The second kappa shape index (κ2) is 4.45. The lowest BCUT2D eigenvalue weighted by Gasteiger charge is -2.32. The Morgan fingerprint density at radius 2 is 1.67 bits per heavy atom. The first kappa shape index (κ1) is 14.4. The van der Waals surface area contributed by atoms with Gasteiger partial charge in [0, 0.05) is 18.6 Å². The van der Waals surface area contributed by atoms with Crippen molar-refractivity contribution in [3.8, 4) is 0 Å². The maximum atomic E-state index is 12.2. The standard InChI is InChI=1S/C16H20BNO3/c1-15(2)16(3,4)21-17(20-15)12-7-6-11-8-9-18(5)14(19)13(11)10-12/h6-10H,1-5H3. The first-order valence-electron chi connectivity index (χ1n) is 7.16. The molecule has 2 aromatic rings. The molecule has 0 amide bonds. The largest absolute Gasteiger partial charge is 0.494 e. The van der Waals surface area contributed by atoms with E-state index in [-0.39, 0.29) is 16.8 Å². The first-order chi connectivity index (χ1) is 9.71. The monoisotopic (exact) mass is 285 g/mol. The molecule has 1 aromatic carbocycles. The summed E-state index contributed by atoms with van der Waals surface area (Å²) in [7, 11) is 1.31. The number of aryl methyl sites for hydroxylation is 1. The van der Waals surface area contributed by atoms with Gasteiger partial charge in [-0.2, -0.15) is 0 Å². The highest BCUT2D eigenvalue weighted by Crippen LogP contribution is 2.36. The Kier molecular flexibility index (Phi) is 3.04. The molecule has 0 unspecified atom stereocenters. The Hall–Kier alpha value is -1.59. The second-order valence-corrected chi connectivity index (χ2v) is 6.67. The van der Waals surface area contributed by atoms with Crippen LogP contribution in [0.15, 0.2) is 35.3 Å². The second-order valence-electron chi connectivity index (χ2n) is 6.67. The quantitative estimate of drug-likeness (QED) is 0.751. The van der Waals surface area contributed by atoms with E-state index in [4.69, 9.17) is 9.31 Å². The molecule has 0 N–H and O–H groups in total. The Balaban J connectivity index is 2.07. The molecule has 1 aliphatic heterocycles. The van der Waals surface area contributed by atoms with Crippen molar-refractivity contribution in [2.24, 2.45) is 7.05 Å². The lowest BCUT2D eigenvalue weighted by molar-refractivity contribution is 0.00578. The highest BCUT2D eigenvalue weighted by Gasteiger charge is 2.51. The van der Waals surface area contributed by atoms with Crippen molar-refractivity contribution in [2.45, 2.75) is 38.9 Å². The molecule has 5 heteroatoms. The molecule has 0 bridgehead atoms. The fourth-order valence-electron chi connectivity index (χ4n) is 2.48. The number of aromatic nitrogens is 1. The minimum atomic E-state index is -0.440. The van der Waals surface area contributed by atoms with Crippen LogP contribution >= 0.6 is 0 Å². The highest BCUT2D eigenvalue weighted by molar-refractivity contribution is 6.62. The normalized spacial score (nSPS) is 20.1. The van der Waals surface area contributed by atoms with Crippen LogP contribution in [0.5, 0.6) is 0 Å². The van der Waals surface area contributed by atoms with Crippen molar-refractivity contribution in [1.29, 1.82) is 0 Å². The van der Waals surface area contributed by atoms with E-state index in [2.05, 4.69) is 0 Å². The first-order valence-corrected chi connectivity index (χ1v) is 7.16. The molecule has 2 heterocycles. The summed E-state index contributed by atoms with van der Waals surface area (Å²) in [5, 5.41) is 1.62. The molecule has 0 spiro atoms. The molecule has 1 aromatic heterocycles.